The Labute approximate surface area is 494 Å². The van der Waals surface area contributed by atoms with E-state index in [0.717, 1.165) is 0 Å². The quantitative estimate of drug-likeness (QED) is 0.204. The third-order valence-corrected chi connectivity index (χ3v) is 0. The smallest absolute Gasteiger partial charge is 1.00 e. The Bertz CT molecular complexity index is 52.9. The van der Waals surface area contributed by atoms with Gasteiger partial charge < -0.3 is 175 Å². The number of hydrogen-bond acceptors (Lipinski definition) is 0. The van der Waals surface area contributed by atoms with E-state index in [2.05, 4.69) is 0 Å². The van der Waals surface area contributed by atoms with Gasteiger partial charge in [0.1, 0.15) is 0 Å². The molecule has 0 radical (unpaired) electrons. The van der Waals surface area contributed by atoms with Crippen molar-refractivity contribution in [1.29, 1.82) is 0 Å². The zero-order valence-electron chi connectivity index (χ0n) is 22.1. The van der Waals surface area contributed by atoms with Crippen molar-refractivity contribution in [2.24, 2.45) is 0 Å². The SMILES string of the molecule is O.O.O.O.O.O.O.O.O.O.[Na+].[Na+].[Na+].[Na+].[O-2].[O-2].[O-2].[O-2].[O-2].[O-2].[O-2].[O-2].[O-2].[O-2].[O-2].[O-2].[O-2].[O-2].[O-2].[O-2].[O-2].[O-2].[O-2].[O-2].[O-2].[O-2].[W].[W].[W].[W].[W].[W].[W].[W].[W].[W]. The maximum absolute atomic E-state index is 0. The van der Waals surface area contributed by atoms with Crippen LogP contribution in [0.3, 0.4) is 0 Å². The molecule has 0 aliphatic heterocycles. The van der Waals surface area contributed by atoms with Crippen molar-refractivity contribution < 1.29 is 504 Å². The fraction of sp³-hybridized carbons (Fsp3) is 0. The van der Waals surface area contributed by atoms with Gasteiger partial charge >= 0.3 is 118 Å². The van der Waals surface area contributed by atoms with Gasteiger partial charge in [0.15, 0.2) is 0 Å². The molecule has 0 aliphatic carbocycles. The maximum Gasteiger partial charge on any atom is 1.00 e. The van der Waals surface area contributed by atoms with Crippen molar-refractivity contribution in [3.05, 3.63) is 0 Å². The van der Waals surface area contributed by atoms with E-state index in [-0.39, 0.29) is 504 Å². The Morgan fingerprint density at radius 3 is 0.0870 bits per heavy atom. The fourth-order valence-electron chi connectivity index (χ4n) is 0. The van der Waals surface area contributed by atoms with Crippen LogP contribution in [0.2, 0.25) is 0 Å². The van der Waals surface area contributed by atoms with Crippen LogP contribution in [0.5, 0.6) is 0 Å². The van der Waals surface area contributed by atoms with E-state index in [9.17, 15) is 0 Å². The topological polar surface area (TPSA) is 942 Å². The molecule has 46 heavy (non-hydrogen) atoms. The van der Waals surface area contributed by atoms with Crippen LogP contribution in [-0.4, -0.2) is 54.8 Å². The molecule has 0 saturated carbocycles. The van der Waals surface area contributed by atoms with Crippen LogP contribution in [0.1, 0.15) is 0 Å². The van der Waals surface area contributed by atoms with Crippen LogP contribution in [0.25, 0.3) is 0 Å². The second-order valence-corrected chi connectivity index (χ2v) is 0. The summed E-state index contributed by atoms with van der Waals surface area (Å²) in [6, 6.07) is 0. The monoisotopic (exact) mass is 2460 g/mol. The third-order valence-electron chi connectivity index (χ3n) is 0. The van der Waals surface area contributed by atoms with Crippen LogP contribution < -0.4 is 118 Å². The molecule has 0 fully saturated rings. The summed E-state index contributed by atoms with van der Waals surface area (Å²) >= 11 is 0. The Balaban J connectivity index is 0. The van der Waals surface area contributed by atoms with Gasteiger partial charge in [-0.2, -0.15) is 0 Å². The van der Waals surface area contributed by atoms with Gasteiger partial charge in [0, 0.05) is 211 Å². The summed E-state index contributed by atoms with van der Waals surface area (Å²) in [5.41, 5.74) is 0. The van der Waals surface area contributed by atoms with Gasteiger partial charge in [0.25, 0.3) is 0 Å². The van der Waals surface area contributed by atoms with E-state index in [0.29, 0.717) is 0 Å². The molecule has 0 aromatic carbocycles. The van der Waals surface area contributed by atoms with Crippen LogP contribution in [0.4, 0.5) is 0 Å². The molecule has 0 spiro atoms. The number of rotatable bonds is 0. The van der Waals surface area contributed by atoms with Crippen LogP contribution in [0, 0.1) is 0 Å². The molecule has 0 saturated heterocycles. The summed E-state index contributed by atoms with van der Waals surface area (Å²) in [4.78, 5) is 0. The van der Waals surface area contributed by atoms with Crippen LogP contribution >= 0.6 is 0 Å². The Kier molecular flexibility index (Phi) is 66500. The third kappa shape index (κ3) is 1610. The van der Waals surface area contributed by atoms with Gasteiger partial charge in [-0.1, -0.05) is 0 Å². The van der Waals surface area contributed by atoms with Crippen molar-refractivity contribution >= 4 is 0 Å². The molecular weight excluding hydrogens is 2440 g/mol. The predicted molar refractivity (Wildman–Crippen MR) is 51.2 cm³/mol. The molecule has 0 aromatic rings. The van der Waals surface area contributed by atoms with Crippen molar-refractivity contribution in [2.45, 2.75) is 0 Å². The summed E-state index contributed by atoms with van der Waals surface area (Å²) in [5.74, 6) is 0. The molecule has 46 heteroatoms. The summed E-state index contributed by atoms with van der Waals surface area (Å²) in [5, 5.41) is 0. The molecule has 0 bridgehead atoms. The van der Waals surface area contributed by atoms with Crippen LogP contribution in [-0.2, 0) is 331 Å². The van der Waals surface area contributed by atoms with Gasteiger partial charge in [0.05, 0.1) is 0 Å². The molecule has 0 atom stereocenters. The average Bonchev–Trinajstić information content (AvgIpc) is 0. The summed E-state index contributed by atoms with van der Waals surface area (Å²) < 4.78 is 0. The molecule has 0 unspecified atom stereocenters. The average molecular weight is 2460 g/mol. The van der Waals surface area contributed by atoms with Crippen molar-refractivity contribution in [1.82, 2.24) is 0 Å². The molecule has 32 nitrogen and oxygen atoms in total. The first-order chi connectivity index (χ1) is 0. The zero-order chi connectivity index (χ0) is 0. The second kappa shape index (κ2) is 1700. The summed E-state index contributed by atoms with van der Waals surface area (Å²) in [6.07, 6.45) is 0. The number of hydrogen-bond donors (Lipinski definition) is 0. The van der Waals surface area contributed by atoms with Crippen LogP contribution in [0.15, 0.2) is 0 Å². The second-order valence-electron chi connectivity index (χ2n) is 0. The van der Waals surface area contributed by atoms with Crippen molar-refractivity contribution in [3.63, 3.8) is 0 Å². The van der Waals surface area contributed by atoms with Gasteiger partial charge in [0.2, 0.25) is 0 Å². The molecule has 316 valence electrons. The van der Waals surface area contributed by atoms with E-state index >= 15 is 0 Å². The van der Waals surface area contributed by atoms with E-state index in [1.165, 1.54) is 0 Å². The standard InChI is InChI=1S/4Na.10H2O.22O.10W/h;;;;10*1H2;;;;;;;;;;;;;;;;;;;;;;;;;;;;;;;;/q4*+1;;;;;;;;;;;22*-2;;;;;;;;;;. The predicted octanol–water partition coefficient (Wildman–Crippen LogP) is -22.9. The van der Waals surface area contributed by atoms with E-state index in [1.807, 2.05) is 0 Å². The summed E-state index contributed by atoms with van der Waals surface area (Å²) in [6.45, 7) is 0. The Morgan fingerprint density at radius 2 is 0.0870 bits per heavy atom. The van der Waals surface area contributed by atoms with Gasteiger partial charge in [-0.3, -0.25) is 0 Å². The molecule has 0 aliphatic rings. The largest absolute Gasteiger partial charge is 2.00 e. The minimum absolute atomic E-state index is 0. The van der Waals surface area contributed by atoms with Gasteiger partial charge in [-0.05, 0) is 0 Å². The molecule has 0 rings (SSSR count). The minimum Gasteiger partial charge on any atom is -2.00 e. The Hall–Kier alpha value is 9.60. The zero-order valence-corrected chi connectivity index (χ0v) is 59.4. The van der Waals surface area contributed by atoms with Gasteiger partial charge in [-0.25, -0.2) is 0 Å². The maximum atomic E-state index is 0. The van der Waals surface area contributed by atoms with Crippen molar-refractivity contribution in [2.75, 3.05) is 0 Å². The molecule has 0 heterocycles. The Morgan fingerprint density at radius 1 is 0.0870 bits per heavy atom. The normalized spacial score (nSPS) is 0. The molecule has 20 N–H and O–H groups in total. The van der Waals surface area contributed by atoms with E-state index < -0.39 is 0 Å². The molecule has 0 amide bonds. The summed E-state index contributed by atoms with van der Waals surface area (Å²) in [7, 11) is 0. The first-order valence-corrected chi connectivity index (χ1v) is 0. The first-order valence-electron chi connectivity index (χ1n) is 0. The van der Waals surface area contributed by atoms with E-state index in [1.54, 1.807) is 0 Å². The molecular formula is H20Na4O32W10-40. The van der Waals surface area contributed by atoms with E-state index in [4.69, 9.17) is 0 Å². The first kappa shape index (κ1) is 1800. The molecule has 0 aromatic heterocycles. The fourth-order valence-corrected chi connectivity index (χ4v) is 0. The minimum atomic E-state index is 0. The van der Waals surface area contributed by atoms with Gasteiger partial charge in [-0.15, -0.1) is 0 Å². The van der Waals surface area contributed by atoms with Crippen molar-refractivity contribution in [3.8, 4) is 0 Å².